The molecule has 0 aromatic heterocycles. The molecular formula is C12H17NO2S. The fourth-order valence-electron chi connectivity index (χ4n) is 2.07. The molecule has 0 amide bonds. The third-order valence-electron chi connectivity index (χ3n) is 3.42. The highest BCUT2D eigenvalue weighted by molar-refractivity contribution is 7.91. The van der Waals surface area contributed by atoms with E-state index in [1.807, 2.05) is 12.1 Å². The van der Waals surface area contributed by atoms with Gasteiger partial charge >= 0.3 is 0 Å². The lowest BCUT2D eigenvalue weighted by Gasteiger charge is -2.17. The van der Waals surface area contributed by atoms with Crippen LogP contribution >= 0.6 is 0 Å². The summed E-state index contributed by atoms with van der Waals surface area (Å²) >= 11 is 0. The number of hydrogen-bond acceptors (Lipinski definition) is 3. The molecular weight excluding hydrogens is 222 g/mol. The Morgan fingerprint density at radius 2 is 1.94 bits per heavy atom. The van der Waals surface area contributed by atoms with Crippen molar-refractivity contribution in [2.24, 2.45) is 5.73 Å². The van der Waals surface area contributed by atoms with Crippen molar-refractivity contribution in [1.29, 1.82) is 0 Å². The zero-order valence-corrected chi connectivity index (χ0v) is 10.3. The van der Waals surface area contributed by atoms with Crippen molar-refractivity contribution in [1.82, 2.24) is 0 Å². The third-order valence-corrected chi connectivity index (χ3v) is 5.20. The normalized spacial score (nSPS) is 18.4. The van der Waals surface area contributed by atoms with E-state index in [9.17, 15) is 8.42 Å². The van der Waals surface area contributed by atoms with Crippen LogP contribution in [0, 0.1) is 0 Å². The zero-order valence-electron chi connectivity index (χ0n) is 9.44. The van der Waals surface area contributed by atoms with Crippen LogP contribution in [0.25, 0.3) is 0 Å². The summed E-state index contributed by atoms with van der Waals surface area (Å²) in [6.07, 6.45) is 2.00. The van der Waals surface area contributed by atoms with Crippen molar-refractivity contribution in [3.63, 3.8) is 0 Å². The van der Waals surface area contributed by atoms with Crippen molar-refractivity contribution in [3.8, 4) is 0 Å². The van der Waals surface area contributed by atoms with Gasteiger partial charge in [-0.3, -0.25) is 0 Å². The predicted molar refractivity (Wildman–Crippen MR) is 64.1 cm³/mol. The van der Waals surface area contributed by atoms with Gasteiger partial charge in [-0.25, -0.2) is 8.42 Å². The summed E-state index contributed by atoms with van der Waals surface area (Å²) in [5.74, 6) is 0.144. The van der Waals surface area contributed by atoms with Crippen LogP contribution in [0.3, 0.4) is 0 Å². The molecule has 1 fully saturated rings. The van der Waals surface area contributed by atoms with Crippen molar-refractivity contribution >= 4 is 9.84 Å². The molecule has 0 bridgehead atoms. The molecule has 1 aromatic rings. The minimum Gasteiger partial charge on any atom is -0.330 e. The van der Waals surface area contributed by atoms with E-state index in [1.165, 1.54) is 0 Å². The van der Waals surface area contributed by atoms with Gasteiger partial charge in [-0.15, -0.1) is 0 Å². The van der Waals surface area contributed by atoms with Gasteiger partial charge in [0.15, 0.2) is 9.84 Å². The first-order chi connectivity index (χ1) is 7.56. The van der Waals surface area contributed by atoms with Crippen molar-refractivity contribution in [2.45, 2.75) is 30.1 Å². The topological polar surface area (TPSA) is 60.2 Å². The Labute approximate surface area is 96.6 Å². The molecule has 3 nitrogen and oxygen atoms in total. The maximum Gasteiger partial charge on any atom is 0.178 e. The van der Waals surface area contributed by atoms with E-state index in [0.29, 0.717) is 11.4 Å². The minimum atomic E-state index is -3.14. The molecule has 0 saturated heterocycles. The van der Waals surface area contributed by atoms with Gasteiger partial charge in [0.25, 0.3) is 0 Å². The maximum atomic E-state index is 12.0. The van der Waals surface area contributed by atoms with Crippen LogP contribution in [0.15, 0.2) is 29.2 Å². The molecule has 0 aliphatic heterocycles. The van der Waals surface area contributed by atoms with Gasteiger partial charge in [0.2, 0.25) is 0 Å². The summed E-state index contributed by atoms with van der Waals surface area (Å²) in [7, 11) is -3.14. The Morgan fingerprint density at radius 3 is 2.44 bits per heavy atom. The molecule has 0 unspecified atom stereocenters. The van der Waals surface area contributed by atoms with Crippen LogP contribution in [0.1, 0.15) is 25.3 Å². The van der Waals surface area contributed by atoms with E-state index in [2.05, 4.69) is 0 Å². The van der Waals surface area contributed by atoms with E-state index < -0.39 is 9.84 Å². The molecule has 88 valence electrons. The van der Waals surface area contributed by atoms with Gasteiger partial charge in [0.1, 0.15) is 0 Å². The Kier molecular flexibility index (Phi) is 2.80. The highest BCUT2D eigenvalue weighted by Gasteiger charge is 2.45. The van der Waals surface area contributed by atoms with Crippen molar-refractivity contribution < 1.29 is 8.42 Å². The summed E-state index contributed by atoms with van der Waals surface area (Å²) in [6, 6.07) is 7.27. The highest BCUT2D eigenvalue weighted by Crippen LogP contribution is 2.49. The van der Waals surface area contributed by atoms with Gasteiger partial charge in [0.05, 0.1) is 10.6 Å². The summed E-state index contributed by atoms with van der Waals surface area (Å²) in [5, 5.41) is 0. The molecule has 4 heteroatoms. The second-order valence-electron chi connectivity index (χ2n) is 4.38. The van der Waals surface area contributed by atoms with Crippen LogP contribution in [0.4, 0.5) is 0 Å². The number of nitrogens with two attached hydrogens (primary N) is 1. The quantitative estimate of drug-likeness (QED) is 0.865. The largest absolute Gasteiger partial charge is 0.330 e. The smallest absolute Gasteiger partial charge is 0.178 e. The Balaban J connectivity index is 2.56. The van der Waals surface area contributed by atoms with E-state index >= 15 is 0 Å². The molecule has 1 aromatic carbocycles. The number of hydrogen-bond donors (Lipinski definition) is 1. The van der Waals surface area contributed by atoms with Gasteiger partial charge in [-0.1, -0.05) is 25.1 Å². The Morgan fingerprint density at radius 1 is 1.31 bits per heavy atom. The van der Waals surface area contributed by atoms with Crippen LogP contribution in [-0.2, 0) is 15.3 Å². The molecule has 0 spiro atoms. The fraction of sp³-hybridized carbons (Fsp3) is 0.500. The lowest BCUT2D eigenvalue weighted by Crippen LogP contribution is -2.22. The van der Waals surface area contributed by atoms with E-state index in [-0.39, 0.29) is 11.2 Å². The van der Waals surface area contributed by atoms with E-state index in [1.54, 1.807) is 19.1 Å². The van der Waals surface area contributed by atoms with E-state index in [4.69, 9.17) is 5.73 Å². The Hall–Kier alpha value is -0.870. The van der Waals surface area contributed by atoms with E-state index in [0.717, 1.165) is 18.4 Å². The summed E-state index contributed by atoms with van der Waals surface area (Å²) in [5.41, 5.74) is 6.61. The molecule has 0 heterocycles. The van der Waals surface area contributed by atoms with Crippen LogP contribution in [0.5, 0.6) is 0 Å². The lowest BCUT2D eigenvalue weighted by atomic mass is 9.96. The molecule has 2 rings (SSSR count). The first-order valence-corrected chi connectivity index (χ1v) is 7.23. The maximum absolute atomic E-state index is 12.0. The van der Waals surface area contributed by atoms with Crippen LogP contribution < -0.4 is 5.73 Å². The molecule has 16 heavy (non-hydrogen) atoms. The first kappa shape index (κ1) is 11.6. The van der Waals surface area contributed by atoms with Crippen LogP contribution in [-0.4, -0.2) is 20.7 Å². The average molecular weight is 239 g/mol. The molecule has 1 aliphatic rings. The van der Waals surface area contributed by atoms with Gasteiger partial charge in [-0.2, -0.15) is 0 Å². The second kappa shape index (κ2) is 3.86. The first-order valence-electron chi connectivity index (χ1n) is 5.58. The third kappa shape index (κ3) is 1.76. The average Bonchev–Trinajstić information content (AvgIpc) is 3.10. The minimum absolute atomic E-state index is 0.0706. The Bertz CT molecular complexity index is 489. The molecule has 1 saturated carbocycles. The monoisotopic (exact) mass is 239 g/mol. The van der Waals surface area contributed by atoms with Gasteiger partial charge in [0, 0.05) is 12.0 Å². The van der Waals surface area contributed by atoms with Gasteiger partial charge in [-0.05, 0) is 24.5 Å². The molecule has 0 atom stereocenters. The summed E-state index contributed by atoms with van der Waals surface area (Å²) in [4.78, 5) is 0.473. The number of rotatable bonds is 4. The molecule has 0 radical (unpaired) electrons. The standard InChI is InChI=1S/C12H17NO2S/c1-2-16(14,15)11-6-4-3-5-10(11)12(9-13)7-8-12/h3-6H,2,7-9,13H2,1H3. The zero-order chi connectivity index (χ0) is 11.8. The second-order valence-corrected chi connectivity index (χ2v) is 6.63. The fourth-order valence-corrected chi connectivity index (χ4v) is 3.28. The number of benzene rings is 1. The number of sulfone groups is 1. The molecule has 2 N–H and O–H groups in total. The molecule has 1 aliphatic carbocycles. The van der Waals surface area contributed by atoms with Gasteiger partial charge < -0.3 is 5.73 Å². The van der Waals surface area contributed by atoms with Crippen LogP contribution in [0.2, 0.25) is 0 Å². The highest BCUT2D eigenvalue weighted by atomic mass is 32.2. The summed E-state index contributed by atoms with van der Waals surface area (Å²) in [6.45, 7) is 2.21. The predicted octanol–water partition coefficient (Wildman–Crippen LogP) is 1.47. The lowest BCUT2D eigenvalue weighted by molar-refractivity contribution is 0.591. The SMILES string of the molecule is CCS(=O)(=O)c1ccccc1C1(CN)CC1. The van der Waals surface area contributed by atoms with Crippen molar-refractivity contribution in [3.05, 3.63) is 29.8 Å². The summed E-state index contributed by atoms with van der Waals surface area (Å²) < 4.78 is 23.9. The van der Waals surface area contributed by atoms with Crippen molar-refractivity contribution in [2.75, 3.05) is 12.3 Å².